The van der Waals surface area contributed by atoms with Gasteiger partial charge in [0, 0.05) is 13.1 Å². The molecule has 0 heterocycles. The van der Waals surface area contributed by atoms with Crippen LogP contribution in [-0.4, -0.2) is 17.5 Å². The van der Waals surface area contributed by atoms with Crippen LogP contribution in [0.4, 0.5) is 4.79 Å². The van der Waals surface area contributed by atoms with Crippen LogP contribution in [0.15, 0.2) is 30.8 Å². The van der Waals surface area contributed by atoms with Crippen LogP contribution in [0.2, 0.25) is 0 Å². The third-order valence-corrected chi connectivity index (χ3v) is 2.28. The quantitative estimate of drug-likeness (QED) is 0.803. The zero-order valence-corrected chi connectivity index (χ0v) is 8.94. The first-order chi connectivity index (χ1) is 7.17. The molecule has 0 spiro atoms. The number of nitrogens with zero attached hydrogens (tertiary/aromatic N) is 1. The van der Waals surface area contributed by atoms with E-state index < -0.39 is 0 Å². The molecule has 0 saturated carbocycles. The molecule has 0 bridgehead atoms. The Morgan fingerprint density at radius 3 is 2.47 bits per heavy atom. The van der Waals surface area contributed by atoms with Crippen LogP contribution < -0.4 is 5.73 Å². The van der Waals surface area contributed by atoms with E-state index in [-0.39, 0.29) is 6.03 Å². The van der Waals surface area contributed by atoms with E-state index >= 15 is 0 Å². The van der Waals surface area contributed by atoms with Gasteiger partial charge in [0.25, 0.3) is 0 Å². The first-order valence-electron chi connectivity index (χ1n) is 4.93. The topological polar surface area (TPSA) is 46.3 Å². The Balaban J connectivity index is 2.71. The molecule has 2 N–H and O–H groups in total. The lowest BCUT2D eigenvalue weighted by molar-refractivity contribution is 0.208. The van der Waals surface area contributed by atoms with Crippen molar-refractivity contribution in [2.24, 2.45) is 5.73 Å². The molecule has 0 atom stereocenters. The Hall–Kier alpha value is -1.77. The monoisotopic (exact) mass is 204 g/mol. The van der Waals surface area contributed by atoms with Crippen LogP contribution >= 0.6 is 0 Å². The van der Waals surface area contributed by atoms with E-state index in [1.54, 1.807) is 11.0 Å². The maximum Gasteiger partial charge on any atom is 0.315 e. The number of hydrogen-bond donors (Lipinski definition) is 1. The highest BCUT2D eigenvalue weighted by Gasteiger charge is 2.06. The van der Waals surface area contributed by atoms with Crippen LogP contribution in [0.3, 0.4) is 0 Å². The molecule has 2 amide bonds. The summed E-state index contributed by atoms with van der Waals surface area (Å²) >= 11 is 0. The molecule has 1 aromatic rings. The van der Waals surface area contributed by atoms with Crippen molar-refractivity contribution in [3.8, 4) is 0 Å². The fraction of sp³-hybridized carbons (Fsp3) is 0.250. The third-order valence-electron chi connectivity index (χ3n) is 2.28. The summed E-state index contributed by atoms with van der Waals surface area (Å²) in [6.07, 6.45) is 1.79. The lowest BCUT2D eigenvalue weighted by Crippen LogP contribution is -2.34. The Labute approximate surface area is 90.2 Å². The first kappa shape index (κ1) is 11.3. The van der Waals surface area contributed by atoms with Crippen molar-refractivity contribution in [2.75, 3.05) is 6.54 Å². The highest BCUT2D eigenvalue weighted by molar-refractivity contribution is 5.71. The Kier molecular flexibility index (Phi) is 3.92. The third kappa shape index (κ3) is 3.13. The van der Waals surface area contributed by atoms with Crippen molar-refractivity contribution in [2.45, 2.75) is 13.5 Å². The lowest BCUT2D eigenvalue weighted by atomic mass is 10.1. The van der Waals surface area contributed by atoms with E-state index in [2.05, 4.69) is 6.58 Å². The molecule has 0 fully saturated rings. The standard InChI is InChI=1S/C12H16N2O/c1-3-10-5-7-11(8-6-10)9-14(4-2)12(13)15/h3,5-8H,1,4,9H2,2H3,(H2,13,15). The lowest BCUT2D eigenvalue weighted by Gasteiger charge is -2.18. The number of amides is 2. The molecule has 0 aliphatic heterocycles. The van der Waals surface area contributed by atoms with Crippen molar-refractivity contribution in [3.63, 3.8) is 0 Å². The number of hydrogen-bond acceptors (Lipinski definition) is 1. The van der Waals surface area contributed by atoms with Gasteiger partial charge in [0.2, 0.25) is 0 Å². The van der Waals surface area contributed by atoms with Crippen LogP contribution in [0.1, 0.15) is 18.1 Å². The van der Waals surface area contributed by atoms with E-state index in [4.69, 9.17) is 5.73 Å². The number of benzene rings is 1. The summed E-state index contributed by atoms with van der Waals surface area (Å²) in [5, 5.41) is 0. The number of carbonyl (C=O) groups excluding carboxylic acids is 1. The first-order valence-corrected chi connectivity index (χ1v) is 4.93. The van der Waals surface area contributed by atoms with Crippen molar-refractivity contribution in [1.29, 1.82) is 0 Å². The largest absolute Gasteiger partial charge is 0.351 e. The molecular formula is C12H16N2O. The van der Waals surface area contributed by atoms with Gasteiger partial charge in [0.15, 0.2) is 0 Å². The summed E-state index contributed by atoms with van der Waals surface area (Å²) in [5.41, 5.74) is 7.36. The van der Waals surface area contributed by atoms with Crippen LogP contribution in [0.25, 0.3) is 6.08 Å². The van der Waals surface area contributed by atoms with Gasteiger partial charge in [0.1, 0.15) is 0 Å². The van der Waals surface area contributed by atoms with E-state index in [9.17, 15) is 4.79 Å². The molecule has 0 unspecified atom stereocenters. The summed E-state index contributed by atoms with van der Waals surface area (Å²) < 4.78 is 0. The molecule has 80 valence electrons. The van der Waals surface area contributed by atoms with E-state index in [0.29, 0.717) is 13.1 Å². The van der Waals surface area contributed by atoms with Crippen molar-refractivity contribution >= 4 is 12.1 Å². The van der Waals surface area contributed by atoms with Gasteiger partial charge in [-0.05, 0) is 18.1 Å². The molecule has 0 aliphatic rings. The minimum absolute atomic E-state index is 0.384. The minimum atomic E-state index is -0.384. The van der Waals surface area contributed by atoms with E-state index in [1.165, 1.54) is 0 Å². The smallest absolute Gasteiger partial charge is 0.315 e. The molecule has 3 heteroatoms. The second kappa shape index (κ2) is 5.20. The van der Waals surface area contributed by atoms with Gasteiger partial charge in [-0.3, -0.25) is 0 Å². The number of carbonyl (C=O) groups is 1. The summed E-state index contributed by atoms with van der Waals surface area (Å²) in [5.74, 6) is 0. The van der Waals surface area contributed by atoms with E-state index in [1.807, 2.05) is 31.2 Å². The molecule has 0 aliphatic carbocycles. The molecule has 0 aromatic heterocycles. The Bertz CT molecular complexity index is 343. The van der Waals surface area contributed by atoms with Crippen molar-refractivity contribution < 1.29 is 4.79 Å². The number of rotatable bonds is 4. The summed E-state index contributed by atoms with van der Waals surface area (Å²) in [6, 6.07) is 7.50. The molecule has 0 saturated heterocycles. The maximum absolute atomic E-state index is 11.0. The minimum Gasteiger partial charge on any atom is -0.351 e. The van der Waals surface area contributed by atoms with Gasteiger partial charge in [-0.1, -0.05) is 36.9 Å². The number of primary amides is 1. The average molecular weight is 204 g/mol. The zero-order valence-electron chi connectivity index (χ0n) is 8.94. The SMILES string of the molecule is C=Cc1ccc(CN(CC)C(N)=O)cc1. The molecule has 1 rings (SSSR count). The average Bonchev–Trinajstić information content (AvgIpc) is 2.26. The molecule has 1 aromatic carbocycles. The highest BCUT2D eigenvalue weighted by atomic mass is 16.2. The predicted octanol–water partition coefficient (Wildman–Crippen LogP) is 2.23. The van der Waals surface area contributed by atoms with Crippen LogP contribution in [0, 0.1) is 0 Å². The second-order valence-electron chi connectivity index (χ2n) is 3.30. The van der Waals surface area contributed by atoms with Gasteiger partial charge >= 0.3 is 6.03 Å². The van der Waals surface area contributed by atoms with Crippen LogP contribution in [-0.2, 0) is 6.54 Å². The van der Waals surface area contributed by atoms with Gasteiger partial charge in [-0.2, -0.15) is 0 Å². The summed E-state index contributed by atoms with van der Waals surface area (Å²) in [6.45, 7) is 6.77. The molecular weight excluding hydrogens is 188 g/mol. The van der Waals surface area contributed by atoms with Crippen molar-refractivity contribution in [1.82, 2.24) is 4.90 Å². The number of nitrogens with two attached hydrogens (primary N) is 1. The Morgan fingerprint density at radius 1 is 1.47 bits per heavy atom. The fourth-order valence-corrected chi connectivity index (χ4v) is 1.33. The highest BCUT2D eigenvalue weighted by Crippen LogP contribution is 2.08. The molecule has 3 nitrogen and oxygen atoms in total. The number of urea groups is 1. The van der Waals surface area contributed by atoms with Gasteiger partial charge in [-0.25, -0.2) is 4.79 Å². The summed E-state index contributed by atoms with van der Waals surface area (Å²) in [4.78, 5) is 12.6. The van der Waals surface area contributed by atoms with Crippen molar-refractivity contribution in [3.05, 3.63) is 42.0 Å². The van der Waals surface area contributed by atoms with E-state index in [0.717, 1.165) is 11.1 Å². The van der Waals surface area contributed by atoms with Crippen LogP contribution in [0.5, 0.6) is 0 Å². The Morgan fingerprint density at radius 2 is 2.07 bits per heavy atom. The second-order valence-corrected chi connectivity index (χ2v) is 3.30. The fourth-order valence-electron chi connectivity index (χ4n) is 1.33. The molecule has 15 heavy (non-hydrogen) atoms. The normalized spacial score (nSPS) is 9.67. The van der Waals surface area contributed by atoms with Gasteiger partial charge < -0.3 is 10.6 Å². The predicted molar refractivity (Wildman–Crippen MR) is 62.2 cm³/mol. The molecule has 0 radical (unpaired) electrons. The zero-order chi connectivity index (χ0) is 11.3. The van der Waals surface area contributed by atoms with Gasteiger partial charge in [0.05, 0.1) is 0 Å². The maximum atomic E-state index is 11.0. The summed E-state index contributed by atoms with van der Waals surface area (Å²) in [7, 11) is 0. The van der Waals surface area contributed by atoms with Gasteiger partial charge in [-0.15, -0.1) is 0 Å².